The van der Waals surface area contributed by atoms with Gasteiger partial charge in [0, 0.05) is 33.7 Å². The molecule has 0 radical (unpaired) electrons. The smallest absolute Gasteiger partial charge is 0.251 e. The predicted octanol–water partition coefficient (Wildman–Crippen LogP) is 6.20. The highest BCUT2D eigenvalue weighted by atomic mass is 16.1. The van der Waals surface area contributed by atoms with Gasteiger partial charge in [-0.25, -0.2) is 4.98 Å². The molecule has 0 spiro atoms. The molecule has 0 saturated heterocycles. The van der Waals surface area contributed by atoms with Gasteiger partial charge in [0.05, 0.1) is 16.7 Å². The van der Waals surface area contributed by atoms with Gasteiger partial charge in [-0.2, -0.15) is 0 Å². The highest BCUT2D eigenvalue weighted by Gasteiger charge is 2.14. The lowest BCUT2D eigenvalue weighted by Gasteiger charge is -2.08. The zero-order valence-electron chi connectivity index (χ0n) is 17.2. The van der Waals surface area contributed by atoms with E-state index in [0.29, 0.717) is 11.5 Å². The first-order valence-corrected chi connectivity index (χ1v) is 10.5. The van der Waals surface area contributed by atoms with Crippen LogP contribution in [-0.4, -0.2) is 14.5 Å². The van der Waals surface area contributed by atoms with Crippen LogP contribution in [-0.2, 0) is 0 Å². The maximum absolute atomic E-state index is 12.4. The highest BCUT2D eigenvalue weighted by Crippen LogP contribution is 2.34. The molecule has 4 heteroatoms. The summed E-state index contributed by atoms with van der Waals surface area (Å²) in [5.74, 6) is 0.565. The Hall–Kier alpha value is -4.44. The Morgan fingerprint density at radius 3 is 2.12 bits per heavy atom. The second-order valence-electron chi connectivity index (χ2n) is 7.77. The van der Waals surface area contributed by atoms with Crippen molar-refractivity contribution in [3.05, 3.63) is 120 Å². The molecule has 0 fully saturated rings. The molecular weight excluding hydrogens is 394 g/mol. The van der Waals surface area contributed by atoms with Crippen molar-refractivity contribution in [1.29, 1.82) is 0 Å². The molecule has 2 aromatic heterocycles. The number of nitrogens with zero attached hydrogens (tertiary/aromatic N) is 2. The van der Waals surface area contributed by atoms with Crippen LogP contribution >= 0.6 is 0 Å². The molecular formula is C28H19N3O. The van der Waals surface area contributed by atoms with E-state index >= 15 is 0 Å². The number of aromatic amines is 1. The number of rotatable bonds is 3. The van der Waals surface area contributed by atoms with Crippen molar-refractivity contribution >= 4 is 21.8 Å². The van der Waals surface area contributed by atoms with Crippen molar-refractivity contribution in [1.82, 2.24) is 14.5 Å². The number of H-pyrrole nitrogens is 1. The average molecular weight is 413 g/mol. The monoisotopic (exact) mass is 413 g/mol. The van der Waals surface area contributed by atoms with Crippen LogP contribution in [0.4, 0.5) is 0 Å². The van der Waals surface area contributed by atoms with Gasteiger partial charge in [0.25, 0.3) is 5.56 Å². The van der Waals surface area contributed by atoms with Crippen LogP contribution in [0, 0.1) is 0 Å². The van der Waals surface area contributed by atoms with Gasteiger partial charge in [-0.3, -0.25) is 4.79 Å². The third-order valence-corrected chi connectivity index (χ3v) is 5.77. The zero-order valence-corrected chi connectivity index (χ0v) is 17.2. The third kappa shape index (κ3) is 3.01. The van der Waals surface area contributed by atoms with Gasteiger partial charge in [-0.1, -0.05) is 66.7 Å². The molecule has 0 aliphatic carbocycles. The van der Waals surface area contributed by atoms with Gasteiger partial charge < -0.3 is 9.55 Å². The molecule has 0 amide bonds. The van der Waals surface area contributed by atoms with Crippen LogP contribution in [0.15, 0.2) is 114 Å². The molecule has 0 aliphatic heterocycles. The summed E-state index contributed by atoms with van der Waals surface area (Å²) in [7, 11) is 0. The van der Waals surface area contributed by atoms with Crippen molar-refractivity contribution in [2.24, 2.45) is 0 Å². The van der Waals surface area contributed by atoms with E-state index in [-0.39, 0.29) is 5.56 Å². The van der Waals surface area contributed by atoms with Crippen LogP contribution in [0.5, 0.6) is 0 Å². The second-order valence-corrected chi connectivity index (χ2v) is 7.77. The van der Waals surface area contributed by atoms with Gasteiger partial charge in [-0.15, -0.1) is 0 Å². The number of hydrogen-bond acceptors (Lipinski definition) is 2. The van der Waals surface area contributed by atoms with Gasteiger partial charge in [0.2, 0.25) is 0 Å². The van der Waals surface area contributed by atoms with E-state index in [1.165, 1.54) is 0 Å². The fourth-order valence-corrected chi connectivity index (χ4v) is 4.33. The first-order chi connectivity index (χ1) is 15.8. The molecule has 4 nitrogen and oxygen atoms in total. The van der Waals surface area contributed by atoms with Crippen molar-refractivity contribution in [2.75, 3.05) is 0 Å². The molecule has 152 valence electrons. The fraction of sp³-hybridized carbons (Fsp3) is 0. The molecule has 1 N–H and O–H groups in total. The summed E-state index contributed by atoms with van der Waals surface area (Å²) >= 11 is 0. The van der Waals surface area contributed by atoms with Crippen molar-refractivity contribution in [2.45, 2.75) is 0 Å². The summed E-state index contributed by atoms with van der Waals surface area (Å²) in [6.07, 6.45) is 0. The predicted molar refractivity (Wildman–Crippen MR) is 130 cm³/mol. The lowest BCUT2D eigenvalue weighted by Crippen LogP contribution is -2.08. The Morgan fingerprint density at radius 1 is 0.625 bits per heavy atom. The maximum atomic E-state index is 12.4. The lowest BCUT2D eigenvalue weighted by molar-refractivity contribution is 1.13. The van der Waals surface area contributed by atoms with Gasteiger partial charge >= 0.3 is 0 Å². The SMILES string of the molecule is O=c1cc(-c2ccccc2)nc(-c2ccc3c(c2)c2ccccc2n3-c2ccccc2)[nH]1. The van der Waals surface area contributed by atoms with E-state index in [1.54, 1.807) is 6.07 Å². The minimum atomic E-state index is -0.166. The Kier molecular flexibility index (Phi) is 4.22. The normalized spacial score (nSPS) is 11.2. The van der Waals surface area contributed by atoms with Crippen LogP contribution in [0.25, 0.3) is 50.1 Å². The van der Waals surface area contributed by atoms with Crippen LogP contribution < -0.4 is 5.56 Å². The Balaban J connectivity index is 1.59. The van der Waals surface area contributed by atoms with Crippen molar-refractivity contribution in [3.8, 4) is 28.3 Å². The fourth-order valence-electron chi connectivity index (χ4n) is 4.33. The van der Waals surface area contributed by atoms with Crippen LogP contribution in [0.2, 0.25) is 0 Å². The number of aromatic nitrogens is 3. The first kappa shape index (κ1) is 18.3. The highest BCUT2D eigenvalue weighted by molar-refractivity contribution is 6.10. The second kappa shape index (κ2) is 7.36. The van der Waals surface area contributed by atoms with Gasteiger partial charge in [0.1, 0.15) is 5.82 Å². The van der Waals surface area contributed by atoms with Crippen molar-refractivity contribution in [3.63, 3.8) is 0 Å². The topological polar surface area (TPSA) is 50.7 Å². The molecule has 0 aliphatic rings. The van der Waals surface area contributed by atoms with Crippen molar-refractivity contribution < 1.29 is 0 Å². The molecule has 2 heterocycles. The molecule has 6 aromatic rings. The minimum absolute atomic E-state index is 0.166. The quantitative estimate of drug-likeness (QED) is 0.375. The number of benzene rings is 4. The molecule has 0 atom stereocenters. The third-order valence-electron chi connectivity index (χ3n) is 5.77. The molecule has 32 heavy (non-hydrogen) atoms. The number of hydrogen-bond donors (Lipinski definition) is 1. The molecule has 6 rings (SSSR count). The first-order valence-electron chi connectivity index (χ1n) is 10.5. The summed E-state index contributed by atoms with van der Waals surface area (Å²) in [6.45, 7) is 0. The van der Waals surface area contributed by atoms with Crippen LogP contribution in [0.3, 0.4) is 0 Å². The molecule has 0 saturated carbocycles. The Bertz CT molecular complexity index is 1630. The lowest BCUT2D eigenvalue weighted by atomic mass is 10.1. The standard InChI is InChI=1S/C28H19N3O/c32-27-18-24(19-9-3-1-4-10-19)29-28(30-27)20-15-16-26-23(17-20)22-13-7-8-14-25(22)31(26)21-11-5-2-6-12-21/h1-18H,(H,29,30,32). The number of nitrogens with one attached hydrogen (secondary N) is 1. The molecule has 0 unspecified atom stereocenters. The summed E-state index contributed by atoms with van der Waals surface area (Å²) in [5.41, 5.74) is 5.67. The van der Waals surface area contributed by atoms with E-state index in [1.807, 2.05) is 54.6 Å². The van der Waals surface area contributed by atoms with E-state index in [4.69, 9.17) is 4.98 Å². The summed E-state index contributed by atoms with van der Waals surface area (Å²) in [5, 5.41) is 2.28. The largest absolute Gasteiger partial charge is 0.309 e. The molecule has 4 aromatic carbocycles. The zero-order chi connectivity index (χ0) is 21.5. The van der Waals surface area contributed by atoms with E-state index < -0.39 is 0 Å². The maximum Gasteiger partial charge on any atom is 0.251 e. The Morgan fingerprint density at radius 2 is 1.31 bits per heavy atom. The Labute approximate surface area is 184 Å². The number of fused-ring (bicyclic) bond motifs is 3. The minimum Gasteiger partial charge on any atom is -0.309 e. The van der Waals surface area contributed by atoms with Gasteiger partial charge in [-0.05, 0) is 36.4 Å². The average Bonchev–Trinajstić information content (AvgIpc) is 3.18. The van der Waals surface area contributed by atoms with E-state index in [9.17, 15) is 4.79 Å². The van der Waals surface area contributed by atoms with E-state index in [2.05, 4.69) is 58.1 Å². The van der Waals surface area contributed by atoms with E-state index in [0.717, 1.165) is 38.6 Å². The summed E-state index contributed by atoms with van der Waals surface area (Å²) < 4.78 is 2.27. The van der Waals surface area contributed by atoms with Gasteiger partial charge in [0.15, 0.2) is 0 Å². The molecule has 0 bridgehead atoms. The number of para-hydroxylation sites is 2. The summed E-state index contributed by atoms with van der Waals surface area (Å²) in [4.78, 5) is 20.1. The summed E-state index contributed by atoms with van der Waals surface area (Å²) in [6, 6.07) is 36.3. The van der Waals surface area contributed by atoms with Crippen LogP contribution in [0.1, 0.15) is 0 Å².